The van der Waals surface area contributed by atoms with E-state index in [1.54, 1.807) is 0 Å². The van der Waals surface area contributed by atoms with Crippen LogP contribution < -0.4 is 0 Å². The number of likely N-dealkylation sites (tertiary alicyclic amines) is 1. The maximum absolute atomic E-state index is 12.5. The molecule has 3 aliphatic heterocycles. The number of fused-ring (bicyclic) bond motifs is 1. The molecule has 4 aliphatic rings. The average molecular weight is 338 g/mol. The first-order chi connectivity index (χ1) is 11.7. The van der Waals surface area contributed by atoms with E-state index >= 15 is 0 Å². The Morgan fingerprint density at radius 1 is 1.00 bits per heavy atom. The highest BCUT2D eigenvalue weighted by molar-refractivity contribution is 5.80. The summed E-state index contributed by atoms with van der Waals surface area (Å²) in [6, 6.07) is 0.636. The quantitative estimate of drug-likeness (QED) is 0.794. The summed E-state index contributed by atoms with van der Waals surface area (Å²) >= 11 is 0. The number of carbonyl (C=O) groups is 1. The summed E-state index contributed by atoms with van der Waals surface area (Å²) in [7, 11) is 0. The predicted molar refractivity (Wildman–Crippen MR) is 88.6 cm³/mol. The van der Waals surface area contributed by atoms with E-state index in [1.165, 1.54) is 0 Å². The van der Waals surface area contributed by atoms with Crippen molar-refractivity contribution in [2.45, 2.75) is 50.4 Å². The van der Waals surface area contributed by atoms with Crippen molar-refractivity contribution < 1.29 is 19.4 Å². The monoisotopic (exact) mass is 338 g/mol. The summed E-state index contributed by atoms with van der Waals surface area (Å²) < 4.78 is 11.6. The second kappa shape index (κ2) is 7.28. The molecule has 0 aromatic heterocycles. The van der Waals surface area contributed by atoms with E-state index in [0.717, 1.165) is 65.3 Å². The smallest absolute Gasteiger partial charge is 0.225 e. The molecule has 2 atom stereocenters. The van der Waals surface area contributed by atoms with E-state index in [0.29, 0.717) is 24.8 Å². The molecular formula is C18H30N2O4. The summed E-state index contributed by atoms with van der Waals surface area (Å²) in [6.07, 6.45) is 4.49. The molecule has 1 aliphatic carbocycles. The molecule has 0 bridgehead atoms. The van der Waals surface area contributed by atoms with Crippen LogP contribution in [0.2, 0.25) is 0 Å². The van der Waals surface area contributed by atoms with E-state index in [4.69, 9.17) is 9.47 Å². The third-order valence-corrected chi connectivity index (χ3v) is 6.36. The number of rotatable bonds is 2. The molecule has 0 spiro atoms. The Labute approximate surface area is 144 Å². The number of ether oxygens (including phenoxy) is 2. The van der Waals surface area contributed by atoms with Crippen molar-refractivity contribution in [3.8, 4) is 0 Å². The molecule has 1 amide bonds. The van der Waals surface area contributed by atoms with Crippen LogP contribution in [0.1, 0.15) is 32.1 Å². The minimum absolute atomic E-state index is 0.0427. The highest BCUT2D eigenvalue weighted by Gasteiger charge is 2.41. The lowest BCUT2D eigenvalue weighted by Crippen LogP contribution is -2.53. The zero-order chi connectivity index (χ0) is 16.5. The maximum atomic E-state index is 12.5. The number of piperidine rings is 1. The van der Waals surface area contributed by atoms with Crippen molar-refractivity contribution in [2.24, 2.45) is 11.8 Å². The number of hydrogen-bond donors (Lipinski definition) is 1. The van der Waals surface area contributed by atoms with Gasteiger partial charge in [-0.2, -0.15) is 0 Å². The molecule has 4 rings (SSSR count). The molecule has 1 saturated carbocycles. The molecule has 2 unspecified atom stereocenters. The first-order valence-electron chi connectivity index (χ1n) is 9.61. The normalized spacial score (nSPS) is 39.0. The van der Waals surface area contributed by atoms with Gasteiger partial charge in [-0.1, -0.05) is 0 Å². The first-order valence-corrected chi connectivity index (χ1v) is 9.61. The average Bonchev–Trinajstić information content (AvgIpc) is 2.81. The molecule has 24 heavy (non-hydrogen) atoms. The number of amides is 1. The fraction of sp³-hybridized carbons (Fsp3) is 0.944. The van der Waals surface area contributed by atoms with Crippen LogP contribution >= 0.6 is 0 Å². The van der Waals surface area contributed by atoms with E-state index in [1.807, 2.05) is 4.90 Å². The van der Waals surface area contributed by atoms with Crippen LogP contribution in [0, 0.1) is 11.8 Å². The van der Waals surface area contributed by atoms with Crippen LogP contribution in [0.5, 0.6) is 0 Å². The van der Waals surface area contributed by atoms with Gasteiger partial charge in [0, 0.05) is 57.3 Å². The van der Waals surface area contributed by atoms with Crippen molar-refractivity contribution in [3.63, 3.8) is 0 Å². The highest BCUT2D eigenvalue weighted by Crippen LogP contribution is 2.32. The van der Waals surface area contributed by atoms with Crippen LogP contribution in [0.4, 0.5) is 0 Å². The minimum Gasteiger partial charge on any atom is -0.393 e. The van der Waals surface area contributed by atoms with Gasteiger partial charge >= 0.3 is 0 Å². The molecule has 3 saturated heterocycles. The summed E-state index contributed by atoms with van der Waals surface area (Å²) in [4.78, 5) is 17.1. The lowest BCUT2D eigenvalue weighted by Gasteiger charge is -2.42. The van der Waals surface area contributed by atoms with Crippen LogP contribution in [0.25, 0.3) is 0 Å². The van der Waals surface area contributed by atoms with E-state index in [2.05, 4.69) is 4.90 Å². The Morgan fingerprint density at radius 3 is 2.54 bits per heavy atom. The topological polar surface area (TPSA) is 62.2 Å². The number of aliphatic hydroxyl groups is 1. The minimum atomic E-state index is -0.265. The molecular weight excluding hydrogens is 308 g/mol. The zero-order valence-corrected chi connectivity index (χ0v) is 14.4. The van der Waals surface area contributed by atoms with Crippen molar-refractivity contribution in [1.82, 2.24) is 9.80 Å². The standard InChI is InChI=1S/C18H30N2O4/c21-16-9-14(10-16)18(22)20-4-1-13-11-19(5-8-24-17(13)12-20)15-2-6-23-7-3-15/h13-17,21H,1-12H2. The van der Waals surface area contributed by atoms with Crippen molar-refractivity contribution in [1.29, 1.82) is 0 Å². The fourth-order valence-electron chi connectivity index (χ4n) is 4.71. The third-order valence-electron chi connectivity index (χ3n) is 6.36. The second-order valence-corrected chi connectivity index (χ2v) is 7.90. The fourth-order valence-corrected chi connectivity index (χ4v) is 4.71. The van der Waals surface area contributed by atoms with Gasteiger partial charge in [0.15, 0.2) is 0 Å². The molecule has 4 fully saturated rings. The molecule has 1 N–H and O–H groups in total. The van der Waals surface area contributed by atoms with E-state index < -0.39 is 0 Å². The number of nitrogens with zero attached hydrogens (tertiary/aromatic N) is 2. The van der Waals surface area contributed by atoms with Crippen LogP contribution in [-0.4, -0.2) is 85.1 Å². The molecule has 6 nitrogen and oxygen atoms in total. The SMILES string of the molecule is O=C(C1CC(O)C1)N1CCC2CN(C3CCOCC3)CCOC2C1. The van der Waals surface area contributed by atoms with Crippen LogP contribution in [0.3, 0.4) is 0 Å². The predicted octanol–water partition coefficient (Wildman–Crippen LogP) is 0.486. The van der Waals surface area contributed by atoms with E-state index in [9.17, 15) is 9.90 Å². The van der Waals surface area contributed by atoms with Gasteiger partial charge < -0.3 is 19.5 Å². The van der Waals surface area contributed by atoms with Gasteiger partial charge in [-0.25, -0.2) is 0 Å². The van der Waals surface area contributed by atoms with Gasteiger partial charge in [0.25, 0.3) is 0 Å². The zero-order valence-electron chi connectivity index (χ0n) is 14.4. The lowest BCUT2D eigenvalue weighted by atomic mass is 9.80. The van der Waals surface area contributed by atoms with Gasteiger partial charge in [0.1, 0.15) is 0 Å². The van der Waals surface area contributed by atoms with Gasteiger partial charge in [0.05, 0.1) is 18.8 Å². The molecule has 3 heterocycles. The van der Waals surface area contributed by atoms with Crippen molar-refractivity contribution in [2.75, 3.05) is 46.0 Å². The Balaban J connectivity index is 1.33. The summed E-state index contributed by atoms with van der Waals surface area (Å²) in [5, 5.41) is 9.43. The first kappa shape index (κ1) is 16.8. The molecule has 6 heteroatoms. The van der Waals surface area contributed by atoms with Crippen molar-refractivity contribution >= 4 is 5.91 Å². The summed E-state index contributed by atoms with van der Waals surface area (Å²) in [6.45, 7) is 6.20. The van der Waals surface area contributed by atoms with E-state index in [-0.39, 0.29) is 24.0 Å². The van der Waals surface area contributed by atoms with Gasteiger partial charge in [0.2, 0.25) is 5.91 Å². The molecule has 0 aromatic rings. The molecule has 0 aromatic carbocycles. The Bertz CT molecular complexity index is 448. The third kappa shape index (κ3) is 3.47. The van der Waals surface area contributed by atoms with Gasteiger partial charge in [-0.15, -0.1) is 0 Å². The van der Waals surface area contributed by atoms with Gasteiger partial charge in [-0.05, 0) is 32.1 Å². The summed E-state index contributed by atoms with van der Waals surface area (Å²) in [5.74, 6) is 0.806. The lowest BCUT2D eigenvalue weighted by molar-refractivity contribution is -0.147. The van der Waals surface area contributed by atoms with Crippen LogP contribution in [-0.2, 0) is 14.3 Å². The largest absolute Gasteiger partial charge is 0.393 e. The Kier molecular flexibility index (Phi) is 5.08. The van der Waals surface area contributed by atoms with Gasteiger partial charge in [-0.3, -0.25) is 9.69 Å². The Hall–Kier alpha value is -0.690. The van der Waals surface area contributed by atoms with Crippen molar-refractivity contribution in [3.05, 3.63) is 0 Å². The number of carbonyl (C=O) groups excluding carboxylic acids is 1. The van der Waals surface area contributed by atoms with Crippen LogP contribution in [0.15, 0.2) is 0 Å². The number of hydrogen-bond acceptors (Lipinski definition) is 5. The summed E-state index contributed by atoms with van der Waals surface area (Å²) in [5.41, 5.74) is 0. The number of aliphatic hydroxyl groups excluding tert-OH is 1. The maximum Gasteiger partial charge on any atom is 0.225 e. The molecule has 136 valence electrons. The molecule has 0 radical (unpaired) electrons. The Morgan fingerprint density at radius 2 is 1.79 bits per heavy atom. The second-order valence-electron chi connectivity index (χ2n) is 7.90. The highest BCUT2D eigenvalue weighted by atomic mass is 16.5.